The van der Waals surface area contributed by atoms with Crippen molar-refractivity contribution in [2.75, 3.05) is 31.1 Å². The molecule has 0 radical (unpaired) electrons. The summed E-state index contributed by atoms with van der Waals surface area (Å²) in [5.74, 6) is -2.68. The summed E-state index contributed by atoms with van der Waals surface area (Å²) in [4.78, 5) is 21.1. The highest BCUT2D eigenvalue weighted by Crippen LogP contribution is 2.34. The van der Waals surface area contributed by atoms with Crippen molar-refractivity contribution in [3.05, 3.63) is 23.7 Å². The number of hydrogen-bond acceptors (Lipinski definition) is 4. The molecule has 0 saturated carbocycles. The van der Waals surface area contributed by atoms with Crippen LogP contribution in [-0.4, -0.2) is 47.9 Å². The largest absolute Gasteiger partial charge is 0.369 e. The molecule has 1 amide bonds. The smallest absolute Gasteiger partial charge is 0.251 e. The second-order valence-electron chi connectivity index (χ2n) is 6.93. The van der Waals surface area contributed by atoms with E-state index >= 15 is 0 Å². The zero-order chi connectivity index (χ0) is 17.4. The maximum Gasteiger partial charge on any atom is 0.251 e. The van der Waals surface area contributed by atoms with Gasteiger partial charge in [0.25, 0.3) is 5.92 Å². The van der Waals surface area contributed by atoms with Gasteiger partial charge in [-0.05, 0) is 30.4 Å². The molecule has 0 aliphatic carbocycles. The van der Waals surface area contributed by atoms with Crippen molar-refractivity contribution in [1.29, 1.82) is 0 Å². The molecule has 1 unspecified atom stereocenters. The second-order valence-corrected chi connectivity index (χ2v) is 7.85. The van der Waals surface area contributed by atoms with E-state index in [-0.39, 0.29) is 37.8 Å². The molecule has 1 atom stereocenters. The quantitative estimate of drug-likeness (QED) is 0.813. The molecule has 2 aliphatic rings. The Bertz CT molecular complexity index is 769. The van der Waals surface area contributed by atoms with Gasteiger partial charge >= 0.3 is 0 Å². The van der Waals surface area contributed by atoms with E-state index in [1.54, 1.807) is 16.2 Å². The van der Waals surface area contributed by atoms with Crippen molar-refractivity contribution in [2.45, 2.75) is 31.6 Å². The Morgan fingerprint density at radius 1 is 1.24 bits per heavy atom. The van der Waals surface area contributed by atoms with E-state index < -0.39 is 5.92 Å². The minimum absolute atomic E-state index is 0.0386. The highest BCUT2D eigenvalue weighted by Gasteiger charge is 2.38. The molecule has 2 aromatic rings. The molecule has 2 saturated heterocycles. The Balaban J connectivity index is 1.48. The van der Waals surface area contributed by atoms with E-state index in [0.29, 0.717) is 6.54 Å². The zero-order valence-electron chi connectivity index (χ0n) is 14.0. The number of alkyl halides is 2. The Morgan fingerprint density at radius 2 is 2.04 bits per heavy atom. The van der Waals surface area contributed by atoms with Crippen LogP contribution in [0.1, 0.15) is 25.7 Å². The molecule has 25 heavy (non-hydrogen) atoms. The van der Waals surface area contributed by atoms with Gasteiger partial charge in [-0.15, -0.1) is 11.3 Å². The van der Waals surface area contributed by atoms with Gasteiger partial charge in [-0.1, -0.05) is 0 Å². The lowest BCUT2D eigenvalue weighted by atomic mass is 9.94. The van der Waals surface area contributed by atoms with E-state index in [1.165, 1.54) is 0 Å². The summed E-state index contributed by atoms with van der Waals surface area (Å²) in [6.07, 6.45) is 3.16. The molecular weight excluding hydrogens is 344 g/mol. The van der Waals surface area contributed by atoms with Gasteiger partial charge in [0.05, 0.1) is 21.8 Å². The van der Waals surface area contributed by atoms with E-state index in [9.17, 15) is 13.6 Å². The van der Waals surface area contributed by atoms with Gasteiger partial charge in [-0.2, -0.15) is 0 Å². The molecule has 7 heteroatoms. The number of amides is 1. The number of rotatable bonds is 2. The van der Waals surface area contributed by atoms with Crippen molar-refractivity contribution in [2.24, 2.45) is 5.92 Å². The molecule has 4 rings (SSSR count). The fraction of sp³-hybridized carbons (Fsp3) is 0.556. The number of pyridine rings is 1. The maximum atomic E-state index is 13.3. The van der Waals surface area contributed by atoms with Crippen LogP contribution in [0.15, 0.2) is 23.7 Å². The first-order valence-corrected chi connectivity index (χ1v) is 9.65. The number of likely N-dealkylation sites (tertiary alicyclic amines) is 1. The number of nitrogens with zero attached hydrogens (tertiary/aromatic N) is 3. The Hall–Kier alpha value is -1.76. The van der Waals surface area contributed by atoms with Crippen LogP contribution in [0.2, 0.25) is 0 Å². The Labute approximate surface area is 149 Å². The average Bonchev–Trinajstić information content (AvgIpc) is 3.10. The van der Waals surface area contributed by atoms with Crippen molar-refractivity contribution in [3.8, 4) is 0 Å². The van der Waals surface area contributed by atoms with Crippen molar-refractivity contribution < 1.29 is 13.6 Å². The summed E-state index contributed by atoms with van der Waals surface area (Å²) in [7, 11) is 0. The number of aromatic nitrogens is 1. The number of piperidine rings is 2. The van der Waals surface area contributed by atoms with Crippen LogP contribution in [0.5, 0.6) is 0 Å². The summed E-state index contributed by atoms with van der Waals surface area (Å²) in [6, 6.07) is 4.01. The number of fused-ring (bicyclic) bond motifs is 1. The molecule has 0 aromatic carbocycles. The van der Waals surface area contributed by atoms with Crippen molar-refractivity contribution in [1.82, 2.24) is 9.88 Å². The number of thiophene rings is 1. The van der Waals surface area contributed by atoms with Crippen LogP contribution in [0.4, 0.5) is 14.5 Å². The number of hydrogen-bond donors (Lipinski definition) is 0. The van der Waals surface area contributed by atoms with Crippen LogP contribution in [0.3, 0.4) is 0 Å². The van der Waals surface area contributed by atoms with Crippen LogP contribution in [0, 0.1) is 5.92 Å². The molecule has 2 aromatic heterocycles. The first kappa shape index (κ1) is 16.7. The number of anilines is 1. The van der Waals surface area contributed by atoms with E-state index in [2.05, 4.69) is 9.88 Å². The standard InChI is InChI=1S/C18H21F2N3OS/c19-18(20)5-9-22(10-6-18)17(24)13-2-1-8-23(12-13)15-3-7-21-14-4-11-25-16(14)15/h3-4,7,11,13H,1-2,5-6,8-10,12H2. The highest BCUT2D eigenvalue weighted by molar-refractivity contribution is 7.17. The van der Waals surface area contributed by atoms with Gasteiger partial charge in [0.2, 0.25) is 5.91 Å². The first-order valence-electron chi connectivity index (χ1n) is 8.77. The Morgan fingerprint density at radius 3 is 2.84 bits per heavy atom. The first-order chi connectivity index (χ1) is 12.0. The van der Waals surface area contributed by atoms with Crippen LogP contribution in [0.25, 0.3) is 10.2 Å². The van der Waals surface area contributed by atoms with Crippen LogP contribution >= 0.6 is 11.3 Å². The third-order valence-electron chi connectivity index (χ3n) is 5.24. The van der Waals surface area contributed by atoms with E-state index in [0.717, 1.165) is 35.3 Å². The lowest BCUT2D eigenvalue weighted by molar-refractivity contribution is -0.141. The van der Waals surface area contributed by atoms with Crippen LogP contribution < -0.4 is 4.90 Å². The van der Waals surface area contributed by atoms with Gasteiger partial charge in [0.15, 0.2) is 0 Å². The third kappa shape index (κ3) is 3.34. The number of carbonyl (C=O) groups is 1. The molecule has 0 spiro atoms. The van der Waals surface area contributed by atoms with E-state index in [1.807, 2.05) is 23.7 Å². The van der Waals surface area contributed by atoms with Crippen molar-refractivity contribution in [3.63, 3.8) is 0 Å². The second kappa shape index (κ2) is 6.52. The molecule has 0 bridgehead atoms. The molecule has 134 valence electrons. The summed E-state index contributed by atoms with van der Waals surface area (Å²) in [5, 5.41) is 2.03. The monoisotopic (exact) mass is 365 g/mol. The lowest BCUT2D eigenvalue weighted by Gasteiger charge is -2.38. The van der Waals surface area contributed by atoms with E-state index in [4.69, 9.17) is 0 Å². The lowest BCUT2D eigenvalue weighted by Crippen LogP contribution is -2.49. The summed E-state index contributed by atoms with van der Waals surface area (Å²) in [5.41, 5.74) is 2.11. The maximum absolute atomic E-state index is 13.3. The minimum Gasteiger partial charge on any atom is -0.369 e. The minimum atomic E-state index is -2.61. The average molecular weight is 365 g/mol. The zero-order valence-corrected chi connectivity index (χ0v) is 14.8. The SMILES string of the molecule is O=C(C1CCCN(c2ccnc3ccsc23)C1)N1CCC(F)(F)CC1. The topological polar surface area (TPSA) is 36.4 Å². The third-order valence-corrected chi connectivity index (χ3v) is 6.17. The molecular formula is C18H21F2N3OS. The van der Waals surface area contributed by atoms with Gasteiger partial charge in [-0.3, -0.25) is 9.78 Å². The Kier molecular flexibility index (Phi) is 4.35. The van der Waals surface area contributed by atoms with Gasteiger partial charge < -0.3 is 9.80 Å². The van der Waals surface area contributed by atoms with Crippen molar-refractivity contribution >= 4 is 33.1 Å². The number of carbonyl (C=O) groups excluding carboxylic acids is 1. The fourth-order valence-electron chi connectivity index (χ4n) is 3.82. The van der Waals surface area contributed by atoms with Crippen LogP contribution in [-0.2, 0) is 4.79 Å². The van der Waals surface area contributed by atoms with Gasteiger partial charge in [0.1, 0.15) is 0 Å². The number of halogens is 2. The predicted molar refractivity (Wildman–Crippen MR) is 95.3 cm³/mol. The summed E-state index contributed by atoms with van der Waals surface area (Å²) in [6.45, 7) is 1.92. The van der Waals surface area contributed by atoms with Gasteiger partial charge in [-0.25, -0.2) is 8.78 Å². The molecule has 2 fully saturated rings. The van der Waals surface area contributed by atoms with Gasteiger partial charge in [0, 0.05) is 45.2 Å². The normalized spacial score (nSPS) is 23.8. The molecule has 2 aliphatic heterocycles. The summed E-state index contributed by atoms with van der Waals surface area (Å²) < 4.78 is 27.8. The molecule has 4 heterocycles. The molecule has 4 nitrogen and oxygen atoms in total. The highest BCUT2D eigenvalue weighted by atomic mass is 32.1. The summed E-state index contributed by atoms with van der Waals surface area (Å²) >= 11 is 1.66. The predicted octanol–water partition coefficient (Wildman–Crippen LogP) is 3.77. The molecule has 0 N–H and O–H groups in total. The fourth-order valence-corrected chi connectivity index (χ4v) is 4.71.